The molecule has 13 heavy (non-hydrogen) atoms. The quantitative estimate of drug-likeness (QED) is 0.736. The summed E-state index contributed by atoms with van der Waals surface area (Å²) in [6.45, 7) is 0.665. The van der Waals surface area contributed by atoms with Crippen LogP contribution >= 0.6 is 11.5 Å². The van der Waals surface area contributed by atoms with Gasteiger partial charge in [0.1, 0.15) is 0 Å². The van der Waals surface area contributed by atoms with Gasteiger partial charge in [-0.15, -0.1) is 5.10 Å². The van der Waals surface area contributed by atoms with Gasteiger partial charge in [-0.2, -0.15) is 0 Å². The van der Waals surface area contributed by atoms with Crippen molar-refractivity contribution >= 4 is 21.4 Å². The van der Waals surface area contributed by atoms with E-state index in [1.54, 1.807) is 6.20 Å². The molecule has 0 aromatic carbocycles. The van der Waals surface area contributed by atoms with Crippen molar-refractivity contribution < 1.29 is 8.42 Å². The molecule has 0 spiro atoms. The van der Waals surface area contributed by atoms with Gasteiger partial charge in [0.2, 0.25) is 0 Å². The molecular formula is C6H9N3O2S2. The third-order valence-corrected chi connectivity index (χ3v) is 4.36. The highest BCUT2D eigenvalue weighted by molar-refractivity contribution is 7.92. The average Bonchev–Trinajstić information content (AvgIpc) is 2.48. The zero-order valence-electron chi connectivity index (χ0n) is 6.80. The SMILES string of the molecule is O=S1(=O)CC(NCc2cnns2)C1. The van der Waals surface area contributed by atoms with Gasteiger partial charge in [0.05, 0.1) is 22.6 Å². The van der Waals surface area contributed by atoms with Crippen molar-refractivity contribution in [1.29, 1.82) is 0 Å². The van der Waals surface area contributed by atoms with Crippen LogP contribution in [0.15, 0.2) is 6.20 Å². The smallest absolute Gasteiger partial charge is 0.153 e. The summed E-state index contributed by atoms with van der Waals surface area (Å²) in [5, 5.41) is 6.81. The molecule has 7 heteroatoms. The van der Waals surface area contributed by atoms with E-state index in [2.05, 4.69) is 14.9 Å². The maximum absolute atomic E-state index is 10.8. The van der Waals surface area contributed by atoms with E-state index in [0.29, 0.717) is 6.54 Å². The molecule has 2 rings (SSSR count). The van der Waals surface area contributed by atoms with Gasteiger partial charge < -0.3 is 5.32 Å². The molecule has 2 heterocycles. The molecule has 0 atom stereocenters. The predicted molar refractivity (Wildman–Crippen MR) is 49.2 cm³/mol. The normalized spacial score (nSPS) is 21.2. The topological polar surface area (TPSA) is 72.0 Å². The standard InChI is InChI=1S/C6H9N3O2S2/c10-13(11)3-5(4-13)7-1-6-2-8-9-12-6/h2,5,7H,1,3-4H2. The molecule has 0 amide bonds. The predicted octanol–water partition coefficient (Wildman–Crippen LogP) is -0.575. The Bertz CT molecular complexity index is 361. The van der Waals surface area contributed by atoms with E-state index in [9.17, 15) is 8.42 Å². The summed E-state index contributed by atoms with van der Waals surface area (Å²) in [5.74, 6) is 0.526. The average molecular weight is 219 g/mol. The Hall–Kier alpha value is -0.530. The molecule has 0 radical (unpaired) electrons. The number of nitrogens with one attached hydrogen (secondary N) is 1. The van der Waals surface area contributed by atoms with Crippen molar-refractivity contribution in [3.63, 3.8) is 0 Å². The first-order chi connectivity index (χ1) is 6.16. The van der Waals surface area contributed by atoms with Gasteiger partial charge in [0, 0.05) is 12.6 Å². The van der Waals surface area contributed by atoms with E-state index >= 15 is 0 Å². The minimum Gasteiger partial charge on any atom is -0.307 e. The Morgan fingerprint density at radius 1 is 1.62 bits per heavy atom. The molecule has 5 nitrogen and oxygen atoms in total. The summed E-state index contributed by atoms with van der Waals surface area (Å²) in [6.07, 6.45) is 1.69. The molecule has 1 saturated heterocycles. The van der Waals surface area contributed by atoms with Gasteiger partial charge in [0.15, 0.2) is 9.84 Å². The minimum absolute atomic E-state index is 0.118. The van der Waals surface area contributed by atoms with Crippen molar-refractivity contribution in [2.75, 3.05) is 11.5 Å². The van der Waals surface area contributed by atoms with Crippen molar-refractivity contribution in [1.82, 2.24) is 14.9 Å². The molecule has 0 aliphatic carbocycles. The lowest BCUT2D eigenvalue weighted by Crippen LogP contribution is -2.50. The lowest BCUT2D eigenvalue weighted by molar-refractivity contribution is 0.513. The van der Waals surface area contributed by atoms with E-state index in [-0.39, 0.29) is 17.5 Å². The second-order valence-corrected chi connectivity index (χ2v) is 6.06. The highest BCUT2D eigenvalue weighted by atomic mass is 32.2. The van der Waals surface area contributed by atoms with Crippen molar-refractivity contribution in [2.24, 2.45) is 0 Å². The molecule has 1 fully saturated rings. The zero-order chi connectivity index (χ0) is 9.31. The summed E-state index contributed by atoms with van der Waals surface area (Å²) in [5.41, 5.74) is 0. The van der Waals surface area contributed by atoms with Crippen LogP contribution in [0.4, 0.5) is 0 Å². The van der Waals surface area contributed by atoms with E-state index < -0.39 is 9.84 Å². The largest absolute Gasteiger partial charge is 0.307 e. The van der Waals surface area contributed by atoms with Gasteiger partial charge in [-0.25, -0.2) is 8.42 Å². The molecule has 1 aliphatic rings. The third kappa shape index (κ3) is 2.23. The maximum atomic E-state index is 10.8. The fourth-order valence-electron chi connectivity index (χ4n) is 1.19. The van der Waals surface area contributed by atoms with Gasteiger partial charge in [-0.1, -0.05) is 4.49 Å². The summed E-state index contributed by atoms with van der Waals surface area (Å²) >= 11 is 1.33. The molecule has 0 bridgehead atoms. The minimum atomic E-state index is -2.71. The number of aromatic nitrogens is 2. The third-order valence-electron chi connectivity index (χ3n) is 1.88. The van der Waals surface area contributed by atoms with Crippen LogP contribution < -0.4 is 5.32 Å². The van der Waals surface area contributed by atoms with Crippen LogP contribution in [0.25, 0.3) is 0 Å². The van der Waals surface area contributed by atoms with E-state index in [1.807, 2.05) is 0 Å². The summed E-state index contributed by atoms with van der Waals surface area (Å²) in [6, 6.07) is 0.118. The molecule has 1 N–H and O–H groups in total. The number of hydrogen-bond donors (Lipinski definition) is 1. The van der Waals surface area contributed by atoms with Crippen molar-refractivity contribution in [3.8, 4) is 0 Å². The second-order valence-electron chi connectivity index (χ2n) is 3.04. The number of hydrogen-bond acceptors (Lipinski definition) is 6. The van der Waals surface area contributed by atoms with Crippen LogP contribution in [-0.4, -0.2) is 35.6 Å². The first kappa shape index (κ1) is 9.04. The fraction of sp³-hybridized carbons (Fsp3) is 0.667. The Labute approximate surface area is 80.2 Å². The number of nitrogens with zero attached hydrogens (tertiary/aromatic N) is 2. The molecule has 0 unspecified atom stereocenters. The lowest BCUT2D eigenvalue weighted by Gasteiger charge is -2.26. The fourth-order valence-corrected chi connectivity index (χ4v) is 3.00. The number of sulfone groups is 1. The van der Waals surface area contributed by atoms with Crippen LogP contribution in [-0.2, 0) is 16.4 Å². The number of rotatable bonds is 3. The Morgan fingerprint density at radius 2 is 2.38 bits per heavy atom. The highest BCUT2D eigenvalue weighted by Crippen LogP contribution is 2.11. The molecule has 72 valence electrons. The van der Waals surface area contributed by atoms with Crippen LogP contribution in [0, 0.1) is 0 Å². The summed E-state index contributed by atoms with van der Waals surface area (Å²) < 4.78 is 25.3. The maximum Gasteiger partial charge on any atom is 0.153 e. The van der Waals surface area contributed by atoms with Crippen molar-refractivity contribution in [2.45, 2.75) is 12.6 Å². The summed E-state index contributed by atoms with van der Waals surface area (Å²) in [4.78, 5) is 1.03. The monoisotopic (exact) mass is 219 g/mol. The zero-order valence-corrected chi connectivity index (χ0v) is 8.44. The molecule has 1 aliphatic heterocycles. The Morgan fingerprint density at radius 3 is 2.92 bits per heavy atom. The first-order valence-corrected chi connectivity index (χ1v) is 6.45. The Kier molecular flexibility index (Phi) is 2.31. The van der Waals surface area contributed by atoms with Crippen LogP contribution in [0.5, 0.6) is 0 Å². The van der Waals surface area contributed by atoms with Gasteiger partial charge in [-0.3, -0.25) is 0 Å². The highest BCUT2D eigenvalue weighted by Gasteiger charge is 2.32. The van der Waals surface area contributed by atoms with Crippen LogP contribution in [0.3, 0.4) is 0 Å². The van der Waals surface area contributed by atoms with Gasteiger partial charge >= 0.3 is 0 Å². The van der Waals surface area contributed by atoms with E-state index in [4.69, 9.17) is 0 Å². The molecule has 1 aromatic rings. The molecule has 0 saturated carbocycles. The van der Waals surface area contributed by atoms with Crippen LogP contribution in [0.2, 0.25) is 0 Å². The lowest BCUT2D eigenvalue weighted by atomic mass is 10.3. The second kappa shape index (κ2) is 3.32. The van der Waals surface area contributed by atoms with Crippen molar-refractivity contribution in [3.05, 3.63) is 11.1 Å². The molecule has 1 aromatic heterocycles. The Balaban J connectivity index is 1.77. The van der Waals surface area contributed by atoms with Gasteiger partial charge in [0.25, 0.3) is 0 Å². The summed E-state index contributed by atoms with van der Waals surface area (Å²) in [7, 11) is -2.71. The van der Waals surface area contributed by atoms with Gasteiger partial charge in [-0.05, 0) is 11.5 Å². The first-order valence-electron chi connectivity index (χ1n) is 3.86. The van der Waals surface area contributed by atoms with E-state index in [0.717, 1.165) is 4.88 Å². The van der Waals surface area contributed by atoms with Crippen LogP contribution in [0.1, 0.15) is 4.88 Å². The van der Waals surface area contributed by atoms with E-state index in [1.165, 1.54) is 11.5 Å². The molecular weight excluding hydrogens is 210 g/mol.